The van der Waals surface area contributed by atoms with Crippen LogP contribution in [0.4, 0.5) is 0 Å². The van der Waals surface area contributed by atoms with Crippen molar-refractivity contribution in [2.24, 2.45) is 0 Å². The maximum Gasteiger partial charge on any atom is 0.0863 e. The Morgan fingerprint density at radius 3 is 2.60 bits per heavy atom. The van der Waals surface area contributed by atoms with Gasteiger partial charge in [0.2, 0.25) is 0 Å². The van der Waals surface area contributed by atoms with E-state index in [1.807, 2.05) is 13.1 Å². The van der Waals surface area contributed by atoms with Crippen molar-refractivity contribution in [3.63, 3.8) is 0 Å². The van der Waals surface area contributed by atoms with Crippen molar-refractivity contribution >= 4 is 0 Å². The monoisotopic (exact) mass is 202 g/mol. The standard InChI is InChI=1S/C13H18N2/c1-15(12-10-14)11-6-5-9-13-7-3-2-4-8-13/h2-4,7-8H,5-6,9,11-12H2,1H3. The van der Waals surface area contributed by atoms with Crippen molar-refractivity contribution in [1.82, 2.24) is 4.90 Å². The molecular formula is C13H18N2. The zero-order valence-corrected chi connectivity index (χ0v) is 9.32. The number of nitrogens with zero attached hydrogens (tertiary/aromatic N) is 2. The van der Waals surface area contributed by atoms with E-state index in [1.54, 1.807) is 0 Å². The van der Waals surface area contributed by atoms with E-state index in [2.05, 4.69) is 35.2 Å². The van der Waals surface area contributed by atoms with Crippen LogP contribution in [0, 0.1) is 11.3 Å². The Hall–Kier alpha value is -1.33. The Morgan fingerprint density at radius 1 is 1.20 bits per heavy atom. The van der Waals surface area contributed by atoms with Gasteiger partial charge in [0.25, 0.3) is 0 Å². The van der Waals surface area contributed by atoms with Crippen LogP contribution in [0.2, 0.25) is 0 Å². The van der Waals surface area contributed by atoms with Gasteiger partial charge in [-0.2, -0.15) is 5.26 Å². The molecule has 0 radical (unpaired) electrons. The van der Waals surface area contributed by atoms with Crippen molar-refractivity contribution in [3.05, 3.63) is 35.9 Å². The Balaban J connectivity index is 2.10. The molecule has 15 heavy (non-hydrogen) atoms. The zero-order valence-electron chi connectivity index (χ0n) is 9.32. The first-order valence-corrected chi connectivity index (χ1v) is 5.42. The highest BCUT2D eigenvalue weighted by molar-refractivity contribution is 5.14. The first kappa shape index (κ1) is 11.7. The van der Waals surface area contributed by atoms with E-state index >= 15 is 0 Å². The van der Waals surface area contributed by atoms with Crippen molar-refractivity contribution < 1.29 is 0 Å². The fourth-order valence-corrected chi connectivity index (χ4v) is 1.56. The van der Waals surface area contributed by atoms with Gasteiger partial charge < -0.3 is 0 Å². The van der Waals surface area contributed by atoms with Crippen LogP contribution >= 0.6 is 0 Å². The second-order valence-corrected chi connectivity index (χ2v) is 3.84. The summed E-state index contributed by atoms with van der Waals surface area (Å²) in [4.78, 5) is 2.06. The van der Waals surface area contributed by atoms with E-state index in [0.29, 0.717) is 6.54 Å². The summed E-state index contributed by atoms with van der Waals surface area (Å²) in [5.41, 5.74) is 1.40. The Morgan fingerprint density at radius 2 is 1.93 bits per heavy atom. The van der Waals surface area contributed by atoms with Crippen molar-refractivity contribution in [3.8, 4) is 6.07 Å². The van der Waals surface area contributed by atoms with E-state index in [1.165, 1.54) is 12.0 Å². The number of benzene rings is 1. The second-order valence-electron chi connectivity index (χ2n) is 3.84. The molecule has 80 valence electrons. The van der Waals surface area contributed by atoms with Crippen LogP contribution in [0.1, 0.15) is 18.4 Å². The second kappa shape index (κ2) is 7.03. The summed E-state index contributed by atoms with van der Waals surface area (Å²) in [5.74, 6) is 0. The normalized spacial score (nSPS) is 10.2. The van der Waals surface area contributed by atoms with Crippen molar-refractivity contribution in [2.75, 3.05) is 20.1 Å². The number of rotatable bonds is 6. The highest BCUT2D eigenvalue weighted by atomic mass is 15.1. The van der Waals surface area contributed by atoms with Gasteiger partial charge in [-0.1, -0.05) is 30.3 Å². The lowest BCUT2D eigenvalue weighted by Gasteiger charge is -2.11. The van der Waals surface area contributed by atoms with E-state index in [9.17, 15) is 0 Å². The van der Waals surface area contributed by atoms with Gasteiger partial charge >= 0.3 is 0 Å². The molecule has 0 aliphatic rings. The number of unbranched alkanes of at least 4 members (excludes halogenated alkanes) is 1. The molecule has 0 aliphatic carbocycles. The number of hydrogen-bond acceptors (Lipinski definition) is 2. The average Bonchev–Trinajstić information content (AvgIpc) is 2.26. The van der Waals surface area contributed by atoms with Crippen LogP contribution in [-0.2, 0) is 6.42 Å². The summed E-state index contributed by atoms with van der Waals surface area (Å²) >= 11 is 0. The fourth-order valence-electron chi connectivity index (χ4n) is 1.56. The minimum absolute atomic E-state index is 0.533. The van der Waals surface area contributed by atoms with Crippen LogP contribution in [0.15, 0.2) is 30.3 Å². The van der Waals surface area contributed by atoms with Crippen molar-refractivity contribution in [1.29, 1.82) is 5.26 Å². The zero-order chi connectivity index (χ0) is 10.9. The van der Waals surface area contributed by atoms with Gasteiger partial charge in [-0.3, -0.25) is 4.90 Å². The lowest BCUT2D eigenvalue weighted by molar-refractivity contribution is 0.363. The largest absolute Gasteiger partial charge is 0.294 e. The molecule has 0 N–H and O–H groups in total. The van der Waals surface area contributed by atoms with E-state index < -0.39 is 0 Å². The predicted octanol–water partition coefficient (Wildman–Crippen LogP) is 2.46. The molecule has 1 rings (SSSR count). The smallest absolute Gasteiger partial charge is 0.0863 e. The SMILES string of the molecule is CN(CC#N)CCCCc1ccccc1. The van der Waals surface area contributed by atoms with Crippen LogP contribution in [0.25, 0.3) is 0 Å². The Kier molecular flexibility index (Phi) is 5.50. The lowest BCUT2D eigenvalue weighted by Crippen LogP contribution is -2.19. The van der Waals surface area contributed by atoms with E-state index in [4.69, 9.17) is 5.26 Å². The van der Waals surface area contributed by atoms with E-state index in [0.717, 1.165) is 19.4 Å². The fraction of sp³-hybridized carbons (Fsp3) is 0.462. The molecule has 0 saturated carbocycles. The van der Waals surface area contributed by atoms with E-state index in [-0.39, 0.29) is 0 Å². The van der Waals surface area contributed by atoms with Crippen LogP contribution in [0.3, 0.4) is 0 Å². The molecule has 0 fully saturated rings. The third-order valence-electron chi connectivity index (χ3n) is 2.44. The van der Waals surface area contributed by atoms with Gasteiger partial charge in [0.15, 0.2) is 0 Å². The molecule has 2 nitrogen and oxygen atoms in total. The van der Waals surface area contributed by atoms with Gasteiger partial charge in [0.1, 0.15) is 0 Å². The minimum Gasteiger partial charge on any atom is -0.294 e. The molecule has 0 spiro atoms. The maximum atomic E-state index is 8.48. The van der Waals surface area contributed by atoms with Gasteiger partial charge in [0, 0.05) is 0 Å². The topological polar surface area (TPSA) is 27.0 Å². The molecule has 2 heteroatoms. The van der Waals surface area contributed by atoms with Gasteiger partial charge in [0.05, 0.1) is 12.6 Å². The average molecular weight is 202 g/mol. The summed E-state index contributed by atoms with van der Waals surface area (Å²) in [6, 6.07) is 12.7. The molecule has 0 aromatic heterocycles. The minimum atomic E-state index is 0.533. The molecule has 1 aromatic carbocycles. The molecule has 1 aromatic rings. The molecule has 0 heterocycles. The third-order valence-corrected chi connectivity index (χ3v) is 2.44. The number of nitriles is 1. The molecule has 0 atom stereocenters. The maximum absolute atomic E-state index is 8.48. The first-order valence-electron chi connectivity index (χ1n) is 5.42. The lowest BCUT2D eigenvalue weighted by atomic mass is 10.1. The number of aryl methyl sites for hydroxylation is 1. The van der Waals surface area contributed by atoms with Crippen LogP contribution < -0.4 is 0 Å². The molecule has 0 amide bonds. The summed E-state index contributed by atoms with van der Waals surface area (Å²) in [7, 11) is 1.99. The summed E-state index contributed by atoms with van der Waals surface area (Å²) in [5, 5.41) is 8.48. The Bertz CT molecular complexity index is 300. The highest BCUT2D eigenvalue weighted by Crippen LogP contribution is 2.04. The molecule has 0 unspecified atom stereocenters. The van der Waals surface area contributed by atoms with Crippen LogP contribution in [0.5, 0.6) is 0 Å². The first-order chi connectivity index (χ1) is 7.33. The van der Waals surface area contributed by atoms with Gasteiger partial charge in [-0.15, -0.1) is 0 Å². The number of hydrogen-bond donors (Lipinski definition) is 0. The molecule has 0 saturated heterocycles. The third kappa shape index (κ3) is 5.19. The molecule has 0 aliphatic heterocycles. The molecule has 0 bridgehead atoms. The predicted molar refractivity (Wildman–Crippen MR) is 62.5 cm³/mol. The van der Waals surface area contributed by atoms with Gasteiger partial charge in [-0.25, -0.2) is 0 Å². The quantitative estimate of drug-likeness (QED) is 0.523. The van der Waals surface area contributed by atoms with Gasteiger partial charge in [-0.05, 0) is 38.4 Å². The molecular weight excluding hydrogens is 184 g/mol. The van der Waals surface area contributed by atoms with Crippen molar-refractivity contribution in [2.45, 2.75) is 19.3 Å². The van der Waals surface area contributed by atoms with Crippen LogP contribution in [-0.4, -0.2) is 25.0 Å². The highest BCUT2D eigenvalue weighted by Gasteiger charge is 1.97. The summed E-state index contributed by atoms with van der Waals surface area (Å²) < 4.78 is 0. The summed E-state index contributed by atoms with van der Waals surface area (Å²) in [6.45, 7) is 1.55. The summed E-state index contributed by atoms with van der Waals surface area (Å²) in [6.07, 6.45) is 3.49. The Labute approximate surface area is 92.1 Å².